The molecule has 50 heavy (non-hydrogen) atoms. The van der Waals surface area contributed by atoms with Gasteiger partial charge in [0.25, 0.3) is 5.91 Å². The molecule has 3 aliphatic heterocycles. The number of nitrogens with one attached hydrogen (secondary N) is 2. The van der Waals surface area contributed by atoms with E-state index in [1.54, 1.807) is 0 Å². The number of carbonyl (C=O) groups excluding carboxylic acids is 3. The number of nitrogens with two attached hydrogens (primary N) is 2. The number of primary amides is 1. The number of anilines is 1. The lowest BCUT2D eigenvalue weighted by Gasteiger charge is -2.35. The van der Waals surface area contributed by atoms with Crippen molar-refractivity contribution < 1.29 is 49.0 Å². The third-order valence-corrected chi connectivity index (χ3v) is 9.42. The molecule has 0 radical (unpaired) electrons. The van der Waals surface area contributed by atoms with Crippen molar-refractivity contribution in [3.63, 3.8) is 0 Å². The van der Waals surface area contributed by atoms with Crippen molar-refractivity contribution in [1.82, 2.24) is 10.2 Å². The fourth-order valence-electron chi connectivity index (χ4n) is 6.52. The average molecular weight is 704 g/mol. The standard InChI is InChI=1S/C35H53N5O10/c1-3-4-5-6-7-10-21-13-15-22(16-14-21)39-25(41)12-9-8-11-23(33(37)47)31(50-35-30(46)27(43)24(19-36)48-35)32-28(44)29(45)34(49-32)40-18-17-26(42)38-20(40)2/h13-18,23-24,27-32,34-35,43-46H,2-12,19,36H2,1H3,(H2,37,47)(H,38,42)(H,39,41)/t23-,24+,27+,28+,29?,30+,31-,32-,34+,35?/m0/s1. The molecule has 3 aliphatic rings. The summed E-state index contributed by atoms with van der Waals surface area (Å²) in [6.07, 6.45) is -2.09. The molecule has 1 aromatic carbocycles. The van der Waals surface area contributed by atoms with E-state index in [2.05, 4.69) is 24.1 Å². The number of aryl methyl sites for hydroxylation is 1. The van der Waals surface area contributed by atoms with Crippen LogP contribution >= 0.6 is 0 Å². The van der Waals surface area contributed by atoms with E-state index in [1.807, 2.05) is 24.3 Å². The molecule has 1 aromatic rings. The number of benzene rings is 1. The molecule has 2 unspecified atom stereocenters. The third kappa shape index (κ3) is 10.1. The zero-order chi connectivity index (χ0) is 36.4. The van der Waals surface area contributed by atoms with Crippen molar-refractivity contribution in [1.29, 1.82) is 0 Å². The second kappa shape index (κ2) is 18.7. The van der Waals surface area contributed by atoms with Gasteiger partial charge in [0.1, 0.15) is 48.5 Å². The molecule has 10 N–H and O–H groups in total. The summed E-state index contributed by atoms with van der Waals surface area (Å²) in [4.78, 5) is 38.7. The van der Waals surface area contributed by atoms with Gasteiger partial charge in [0.05, 0.1) is 5.92 Å². The third-order valence-electron chi connectivity index (χ3n) is 9.42. The first kappa shape index (κ1) is 39.4. The zero-order valence-corrected chi connectivity index (χ0v) is 28.6. The van der Waals surface area contributed by atoms with E-state index in [4.69, 9.17) is 25.7 Å². The molecule has 15 heteroatoms. The molecular formula is C35H53N5O10. The predicted molar refractivity (Wildman–Crippen MR) is 182 cm³/mol. The predicted octanol–water partition coefficient (Wildman–Crippen LogP) is 0.454. The molecular weight excluding hydrogens is 650 g/mol. The number of ether oxygens (including phenoxy) is 3. The summed E-state index contributed by atoms with van der Waals surface area (Å²) in [6.45, 7) is 5.81. The van der Waals surface area contributed by atoms with Gasteiger partial charge in [-0.25, -0.2) is 0 Å². The number of nitrogens with zero attached hydrogens (tertiary/aromatic N) is 1. The number of hydrogen-bond donors (Lipinski definition) is 8. The fraction of sp³-hybridized carbons (Fsp3) is 0.629. The van der Waals surface area contributed by atoms with Crippen LogP contribution in [0.1, 0.15) is 70.3 Å². The Bertz CT molecular complexity index is 1330. The minimum Gasteiger partial charge on any atom is -0.387 e. The summed E-state index contributed by atoms with van der Waals surface area (Å²) in [6, 6.07) is 7.80. The Morgan fingerprint density at radius 3 is 2.36 bits per heavy atom. The van der Waals surface area contributed by atoms with Crippen LogP contribution in [0.15, 0.2) is 48.9 Å². The monoisotopic (exact) mass is 703 g/mol. The average Bonchev–Trinajstić information content (AvgIpc) is 3.53. The van der Waals surface area contributed by atoms with Crippen molar-refractivity contribution in [2.24, 2.45) is 17.4 Å². The minimum absolute atomic E-state index is 0.0776. The van der Waals surface area contributed by atoms with Crippen LogP contribution in [0, 0.1) is 5.92 Å². The molecule has 0 aliphatic carbocycles. The first-order valence-electron chi connectivity index (χ1n) is 17.5. The van der Waals surface area contributed by atoms with Gasteiger partial charge in [0.15, 0.2) is 12.5 Å². The second-order valence-electron chi connectivity index (χ2n) is 13.2. The Hall–Kier alpha value is -3.41. The summed E-state index contributed by atoms with van der Waals surface area (Å²) in [5.74, 6) is -2.54. The maximum Gasteiger partial charge on any atom is 0.250 e. The Balaban J connectivity index is 1.39. The second-order valence-corrected chi connectivity index (χ2v) is 13.2. The topological polar surface area (TPSA) is 239 Å². The van der Waals surface area contributed by atoms with Gasteiger partial charge in [0.2, 0.25) is 11.8 Å². The van der Waals surface area contributed by atoms with Gasteiger partial charge in [0, 0.05) is 30.9 Å². The van der Waals surface area contributed by atoms with Gasteiger partial charge >= 0.3 is 0 Å². The van der Waals surface area contributed by atoms with Crippen LogP contribution in [-0.4, -0.2) is 105 Å². The van der Waals surface area contributed by atoms with Crippen molar-refractivity contribution >= 4 is 23.4 Å². The number of unbranched alkanes of at least 4 members (excludes halogenated alkanes) is 5. The van der Waals surface area contributed by atoms with Crippen LogP contribution < -0.4 is 22.1 Å². The molecule has 0 spiro atoms. The molecule has 278 valence electrons. The highest BCUT2D eigenvalue weighted by Crippen LogP contribution is 2.36. The van der Waals surface area contributed by atoms with E-state index in [1.165, 1.54) is 48.4 Å². The molecule has 0 bridgehead atoms. The smallest absolute Gasteiger partial charge is 0.250 e. The fourth-order valence-corrected chi connectivity index (χ4v) is 6.52. The molecule has 3 heterocycles. The van der Waals surface area contributed by atoms with E-state index in [0.29, 0.717) is 18.5 Å². The molecule has 2 saturated heterocycles. The lowest BCUT2D eigenvalue weighted by atomic mass is 9.88. The molecule has 0 saturated carbocycles. The quantitative estimate of drug-likeness (QED) is 0.0917. The minimum atomic E-state index is -1.63. The summed E-state index contributed by atoms with van der Waals surface area (Å²) in [7, 11) is 0. The van der Waals surface area contributed by atoms with Crippen molar-refractivity contribution in [2.75, 3.05) is 11.9 Å². The molecule has 0 aromatic heterocycles. The van der Waals surface area contributed by atoms with Crippen LogP contribution in [0.2, 0.25) is 0 Å². The van der Waals surface area contributed by atoms with E-state index in [9.17, 15) is 34.8 Å². The van der Waals surface area contributed by atoms with Crippen molar-refractivity contribution in [2.45, 2.75) is 126 Å². The van der Waals surface area contributed by atoms with Gasteiger partial charge in [-0.3, -0.25) is 14.4 Å². The van der Waals surface area contributed by atoms with Gasteiger partial charge < -0.3 is 61.6 Å². The van der Waals surface area contributed by atoms with E-state index in [0.717, 1.165) is 12.8 Å². The highest BCUT2D eigenvalue weighted by molar-refractivity contribution is 5.90. The van der Waals surface area contributed by atoms with Gasteiger partial charge in [-0.1, -0.05) is 57.7 Å². The number of hydrogen-bond acceptors (Lipinski definition) is 12. The maximum absolute atomic E-state index is 12.9. The summed E-state index contributed by atoms with van der Waals surface area (Å²) in [5.41, 5.74) is 13.4. The van der Waals surface area contributed by atoms with Crippen LogP contribution in [0.3, 0.4) is 0 Å². The SMILES string of the molecule is C=C1NC(=O)C=CN1[C@@H]1O[C@H]([C@@H](OC2O[C@H](CN)[C@@H](O)[C@H]2O)[C@H](CCCCC(=O)Nc2ccc(CCCCCCC)cc2)C(N)=O)[C@H](O)C1O. The lowest BCUT2D eigenvalue weighted by molar-refractivity contribution is -0.232. The zero-order valence-electron chi connectivity index (χ0n) is 28.6. The number of aliphatic hydroxyl groups excluding tert-OH is 4. The van der Waals surface area contributed by atoms with E-state index in [-0.39, 0.29) is 31.1 Å². The Morgan fingerprint density at radius 1 is 1.00 bits per heavy atom. The first-order chi connectivity index (χ1) is 23.9. The molecule has 3 amide bonds. The first-order valence-corrected chi connectivity index (χ1v) is 17.5. The van der Waals surface area contributed by atoms with Crippen LogP contribution in [0.5, 0.6) is 0 Å². The molecule has 15 nitrogen and oxygen atoms in total. The summed E-state index contributed by atoms with van der Waals surface area (Å²) in [5, 5.41) is 48.5. The number of rotatable bonds is 19. The Labute approximate surface area is 292 Å². The van der Waals surface area contributed by atoms with Crippen molar-refractivity contribution in [3.8, 4) is 0 Å². The molecule has 10 atom stereocenters. The van der Waals surface area contributed by atoms with Gasteiger partial charge in [-0.05, 0) is 43.4 Å². The van der Waals surface area contributed by atoms with Gasteiger partial charge in [-0.2, -0.15) is 0 Å². The highest BCUT2D eigenvalue weighted by atomic mass is 16.7. The van der Waals surface area contributed by atoms with Crippen LogP contribution in [0.4, 0.5) is 5.69 Å². The van der Waals surface area contributed by atoms with Crippen LogP contribution in [0.25, 0.3) is 0 Å². The molecule has 4 rings (SSSR count). The van der Waals surface area contributed by atoms with Crippen LogP contribution in [-0.2, 0) is 35.0 Å². The highest BCUT2D eigenvalue weighted by Gasteiger charge is 2.54. The van der Waals surface area contributed by atoms with E-state index >= 15 is 0 Å². The largest absolute Gasteiger partial charge is 0.387 e. The summed E-state index contributed by atoms with van der Waals surface area (Å²) >= 11 is 0. The number of carbonyl (C=O) groups is 3. The number of amides is 3. The van der Waals surface area contributed by atoms with Gasteiger partial charge in [-0.15, -0.1) is 0 Å². The van der Waals surface area contributed by atoms with E-state index < -0.39 is 73.0 Å². The summed E-state index contributed by atoms with van der Waals surface area (Å²) < 4.78 is 17.7. The normalized spacial score (nSPS) is 29.2. The van der Waals surface area contributed by atoms with Crippen molar-refractivity contribution in [3.05, 3.63) is 54.5 Å². The lowest BCUT2D eigenvalue weighted by Crippen LogP contribution is -2.50. The maximum atomic E-state index is 12.9. The number of aliphatic hydroxyl groups is 4. The molecule has 2 fully saturated rings. The Kier molecular flexibility index (Phi) is 14.7. The Morgan fingerprint density at radius 2 is 1.72 bits per heavy atom.